The number of hydrogen-bond donors (Lipinski definition) is 0. The molecular formula is C23H22ClN7O2. The summed E-state index contributed by atoms with van der Waals surface area (Å²) in [6.45, 7) is 3.50. The molecule has 1 unspecified atom stereocenters. The quantitative estimate of drug-likeness (QED) is 0.452. The molecule has 1 amide bonds. The highest BCUT2D eigenvalue weighted by atomic mass is 35.5. The molecule has 2 aromatic carbocycles. The van der Waals surface area contributed by atoms with Gasteiger partial charge in [-0.15, -0.1) is 0 Å². The first-order chi connectivity index (χ1) is 16.1. The van der Waals surface area contributed by atoms with Crippen molar-refractivity contribution in [3.8, 4) is 11.4 Å². The van der Waals surface area contributed by atoms with Crippen LogP contribution in [0.4, 0.5) is 0 Å². The van der Waals surface area contributed by atoms with Crippen molar-refractivity contribution in [3.63, 3.8) is 0 Å². The van der Waals surface area contributed by atoms with Gasteiger partial charge in [0, 0.05) is 11.6 Å². The van der Waals surface area contributed by atoms with Crippen molar-refractivity contribution in [1.29, 1.82) is 0 Å². The number of ether oxygens (including phenoxy) is 1. The third kappa shape index (κ3) is 4.37. The summed E-state index contributed by atoms with van der Waals surface area (Å²) >= 11 is 6.21. The third-order valence-corrected chi connectivity index (χ3v) is 5.99. The van der Waals surface area contributed by atoms with Gasteiger partial charge in [0.05, 0.1) is 61.0 Å². The highest BCUT2D eigenvalue weighted by molar-refractivity contribution is 6.31. The van der Waals surface area contributed by atoms with E-state index < -0.39 is 0 Å². The van der Waals surface area contributed by atoms with E-state index in [0.29, 0.717) is 42.5 Å². The van der Waals surface area contributed by atoms with Gasteiger partial charge < -0.3 is 9.64 Å². The molecule has 0 bridgehead atoms. The van der Waals surface area contributed by atoms with Crippen molar-refractivity contribution < 1.29 is 9.53 Å². The second-order valence-electron chi connectivity index (χ2n) is 7.84. The number of nitrogens with zero attached hydrogens (tertiary/aromatic N) is 7. The van der Waals surface area contributed by atoms with E-state index in [4.69, 9.17) is 16.3 Å². The maximum Gasteiger partial charge on any atom is 0.256 e. The number of aryl methyl sites for hydroxylation is 1. The van der Waals surface area contributed by atoms with Crippen LogP contribution in [0.5, 0.6) is 0 Å². The van der Waals surface area contributed by atoms with Gasteiger partial charge in [-0.1, -0.05) is 17.7 Å². The summed E-state index contributed by atoms with van der Waals surface area (Å²) < 4.78 is 5.76. The van der Waals surface area contributed by atoms with Crippen LogP contribution < -0.4 is 0 Å². The molecule has 0 radical (unpaired) electrons. The summed E-state index contributed by atoms with van der Waals surface area (Å²) in [4.78, 5) is 18.6. The Morgan fingerprint density at radius 3 is 2.52 bits per heavy atom. The molecule has 1 aliphatic rings. The Morgan fingerprint density at radius 2 is 1.76 bits per heavy atom. The van der Waals surface area contributed by atoms with E-state index in [1.54, 1.807) is 47.8 Å². The number of hydrogen-bond acceptors (Lipinski definition) is 6. The van der Waals surface area contributed by atoms with Gasteiger partial charge >= 0.3 is 0 Å². The summed E-state index contributed by atoms with van der Waals surface area (Å²) in [6.07, 6.45) is 7.07. The smallest absolute Gasteiger partial charge is 0.256 e. The first kappa shape index (κ1) is 21.3. The van der Waals surface area contributed by atoms with E-state index in [-0.39, 0.29) is 11.9 Å². The van der Waals surface area contributed by atoms with Crippen molar-refractivity contribution >= 4 is 17.5 Å². The molecule has 1 atom stereocenters. The first-order valence-corrected chi connectivity index (χ1v) is 11.0. The number of carbonyl (C=O) groups excluding carboxylic acids is 1. The SMILES string of the molecule is Cc1ccc(-n2nccn2)cc1CC1COCCN1C(=O)c1ccc(Cl)cc1-n1nccn1. The Hall–Kier alpha value is -3.56. The molecule has 5 rings (SSSR count). The second-order valence-corrected chi connectivity index (χ2v) is 8.28. The zero-order valence-electron chi connectivity index (χ0n) is 18.0. The van der Waals surface area contributed by atoms with Crippen molar-refractivity contribution in [2.24, 2.45) is 0 Å². The van der Waals surface area contributed by atoms with Crippen LogP contribution >= 0.6 is 11.6 Å². The molecule has 9 nitrogen and oxygen atoms in total. The molecule has 4 aromatic rings. The van der Waals surface area contributed by atoms with Gasteiger partial charge in [-0.25, -0.2) is 0 Å². The van der Waals surface area contributed by atoms with Gasteiger partial charge in [0.1, 0.15) is 0 Å². The zero-order valence-corrected chi connectivity index (χ0v) is 18.8. The Balaban J connectivity index is 1.45. The predicted octanol–water partition coefficient (Wildman–Crippen LogP) is 2.89. The topological polar surface area (TPSA) is 91.0 Å². The summed E-state index contributed by atoms with van der Waals surface area (Å²) in [5.41, 5.74) is 4.17. The Kier molecular flexibility index (Phi) is 5.89. The maximum absolute atomic E-state index is 13.7. The maximum atomic E-state index is 13.7. The van der Waals surface area contributed by atoms with Gasteiger partial charge in [-0.3, -0.25) is 4.79 Å². The average molecular weight is 464 g/mol. The molecule has 1 saturated heterocycles. The fraction of sp³-hybridized carbons (Fsp3) is 0.261. The number of benzene rings is 2. The minimum atomic E-state index is -0.125. The average Bonchev–Trinajstić information content (AvgIpc) is 3.55. The second kappa shape index (κ2) is 9.13. The molecule has 1 fully saturated rings. The lowest BCUT2D eigenvalue weighted by molar-refractivity contribution is -0.00168. The summed E-state index contributed by atoms with van der Waals surface area (Å²) in [5, 5.41) is 17.3. The number of rotatable bonds is 5. The van der Waals surface area contributed by atoms with E-state index in [0.717, 1.165) is 16.8 Å². The van der Waals surface area contributed by atoms with Gasteiger partial charge in [0.2, 0.25) is 0 Å². The van der Waals surface area contributed by atoms with Gasteiger partial charge in [0.25, 0.3) is 5.91 Å². The van der Waals surface area contributed by atoms with Crippen LogP contribution in [-0.4, -0.2) is 66.6 Å². The number of carbonyl (C=O) groups is 1. The van der Waals surface area contributed by atoms with Crippen LogP contribution in [0.2, 0.25) is 5.02 Å². The van der Waals surface area contributed by atoms with E-state index in [1.807, 2.05) is 17.0 Å². The van der Waals surface area contributed by atoms with Crippen LogP contribution in [0.1, 0.15) is 21.5 Å². The molecule has 33 heavy (non-hydrogen) atoms. The summed E-state index contributed by atoms with van der Waals surface area (Å²) in [5.74, 6) is -0.102. The number of aromatic nitrogens is 6. The highest BCUT2D eigenvalue weighted by Gasteiger charge is 2.30. The first-order valence-electron chi connectivity index (χ1n) is 10.6. The lowest BCUT2D eigenvalue weighted by Gasteiger charge is -2.36. The Morgan fingerprint density at radius 1 is 1.03 bits per heavy atom. The fourth-order valence-corrected chi connectivity index (χ4v) is 4.21. The lowest BCUT2D eigenvalue weighted by atomic mass is 9.98. The predicted molar refractivity (Wildman–Crippen MR) is 122 cm³/mol. The number of morpholine rings is 1. The van der Waals surface area contributed by atoms with Gasteiger partial charge in [-0.2, -0.15) is 30.0 Å². The van der Waals surface area contributed by atoms with E-state index in [1.165, 1.54) is 4.80 Å². The monoisotopic (exact) mass is 463 g/mol. The van der Waals surface area contributed by atoms with Crippen molar-refractivity contribution in [2.45, 2.75) is 19.4 Å². The molecule has 0 N–H and O–H groups in total. The van der Waals surface area contributed by atoms with Crippen molar-refractivity contribution in [3.05, 3.63) is 82.9 Å². The molecule has 0 saturated carbocycles. The normalized spacial score (nSPS) is 16.2. The largest absolute Gasteiger partial charge is 0.377 e. The molecule has 0 spiro atoms. The molecular weight excluding hydrogens is 442 g/mol. The summed E-state index contributed by atoms with van der Waals surface area (Å²) in [6, 6.07) is 11.1. The lowest BCUT2D eigenvalue weighted by Crippen LogP contribution is -2.50. The minimum Gasteiger partial charge on any atom is -0.377 e. The van der Waals surface area contributed by atoms with Crippen LogP contribution in [-0.2, 0) is 11.2 Å². The molecule has 3 heterocycles. The zero-order chi connectivity index (χ0) is 22.8. The molecule has 2 aromatic heterocycles. The molecule has 168 valence electrons. The van der Waals surface area contributed by atoms with Crippen molar-refractivity contribution in [2.75, 3.05) is 19.8 Å². The minimum absolute atomic E-state index is 0.102. The molecule has 1 aliphatic heterocycles. The van der Waals surface area contributed by atoms with Gasteiger partial charge in [-0.05, 0) is 54.8 Å². The fourth-order valence-electron chi connectivity index (χ4n) is 4.04. The number of halogens is 1. The van der Waals surface area contributed by atoms with Crippen LogP contribution in [0.15, 0.2) is 61.2 Å². The Labute approximate surface area is 195 Å². The van der Waals surface area contributed by atoms with E-state index >= 15 is 0 Å². The molecule has 10 heteroatoms. The standard InChI is InChI=1S/C23H22ClN7O2/c1-16-2-4-19(30-25-6-7-26-30)12-17(16)13-20-15-33-11-10-29(20)23(32)21-5-3-18(24)14-22(21)31-27-8-9-28-31/h2-9,12,14,20H,10-11,13,15H2,1H3. The molecule has 0 aliphatic carbocycles. The van der Waals surface area contributed by atoms with E-state index in [9.17, 15) is 4.79 Å². The van der Waals surface area contributed by atoms with Crippen LogP contribution in [0.3, 0.4) is 0 Å². The Bertz CT molecular complexity index is 1260. The third-order valence-electron chi connectivity index (χ3n) is 5.75. The van der Waals surface area contributed by atoms with Crippen LogP contribution in [0.25, 0.3) is 11.4 Å². The number of amides is 1. The van der Waals surface area contributed by atoms with Crippen LogP contribution in [0, 0.1) is 6.92 Å². The van der Waals surface area contributed by atoms with Gasteiger partial charge in [0.15, 0.2) is 0 Å². The highest BCUT2D eigenvalue weighted by Crippen LogP contribution is 2.24. The van der Waals surface area contributed by atoms with E-state index in [2.05, 4.69) is 33.4 Å². The summed E-state index contributed by atoms with van der Waals surface area (Å²) in [7, 11) is 0. The van der Waals surface area contributed by atoms with Crippen molar-refractivity contribution in [1.82, 2.24) is 34.9 Å².